The number of fused-ring (bicyclic) bond motifs is 2. The first kappa shape index (κ1) is 8.24. The van der Waals surface area contributed by atoms with Gasteiger partial charge < -0.3 is 0 Å². The number of hydrogen-bond donors (Lipinski definition) is 0. The van der Waals surface area contributed by atoms with Crippen molar-refractivity contribution >= 4 is 5.78 Å². The predicted octanol–water partition coefficient (Wildman–Crippen LogP) is 1.59. The number of piperidine rings is 1. The van der Waals surface area contributed by atoms with Gasteiger partial charge in [0.2, 0.25) is 0 Å². The molecule has 0 spiro atoms. The van der Waals surface area contributed by atoms with E-state index in [4.69, 9.17) is 0 Å². The first-order chi connectivity index (χ1) is 5.70. The Balaban J connectivity index is 2.19. The Morgan fingerprint density at radius 3 is 2.67 bits per heavy atom. The van der Waals surface area contributed by atoms with Crippen molar-refractivity contribution in [2.45, 2.75) is 57.7 Å². The largest absolute Gasteiger partial charge is 0.298 e. The van der Waals surface area contributed by atoms with Crippen molar-refractivity contribution in [1.29, 1.82) is 0 Å². The molecule has 0 aliphatic carbocycles. The van der Waals surface area contributed by atoms with Gasteiger partial charge in [0.15, 0.2) is 5.78 Å². The molecule has 2 aliphatic heterocycles. The molecule has 2 aliphatic rings. The van der Waals surface area contributed by atoms with E-state index in [-0.39, 0.29) is 6.04 Å². The third-order valence-electron chi connectivity index (χ3n) is 3.20. The highest BCUT2D eigenvalue weighted by Gasteiger charge is 2.43. The number of carbonyl (C=O) groups excluding carboxylic acids is 1. The summed E-state index contributed by atoms with van der Waals surface area (Å²) in [6, 6.07) is 1.41. The van der Waals surface area contributed by atoms with Crippen LogP contribution in [0.25, 0.3) is 0 Å². The topological polar surface area (TPSA) is 20.3 Å². The molecule has 2 atom stereocenters. The van der Waals surface area contributed by atoms with Crippen LogP contribution in [0.15, 0.2) is 0 Å². The molecule has 0 aromatic heterocycles. The monoisotopic (exact) mass is 167 g/mol. The fourth-order valence-corrected chi connectivity index (χ4v) is 2.78. The molecule has 0 amide bonds. The summed E-state index contributed by atoms with van der Waals surface area (Å²) in [6.45, 7) is 4.40. The summed E-state index contributed by atoms with van der Waals surface area (Å²) in [5.74, 6) is 0.492. The summed E-state index contributed by atoms with van der Waals surface area (Å²) in [4.78, 5) is 14.0. The SMILES string of the molecule is CC(C)N1C2CCCC1C(=O)C2. The fourth-order valence-electron chi connectivity index (χ4n) is 2.78. The van der Waals surface area contributed by atoms with Crippen molar-refractivity contribution in [2.75, 3.05) is 0 Å². The second-order valence-corrected chi connectivity index (χ2v) is 4.31. The summed E-state index contributed by atoms with van der Waals surface area (Å²) in [6.07, 6.45) is 4.42. The molecule has 2 fully saturated rings. The standard InChI is InChI=1S/C10H17NO/c1-7(2)11-8-4-3-5-9(11)10(12)6-8/h7-9H,3-6H2,1-2H3. The zero-order valence-electron chi connectivity index (χ0n) is 7.92. The molecule has 0 aromatic carbocycles. The second kappa shape index (κ2) is 2.84. The predicted molar refractivity (Wildman–Crippen MR) is 48.0 cm³/mol. The maximum absolute atomic E-state index is 11.5. The van der Waals surface area contributed by atoms with Crippen LogP contribution in [0.3, 0.4) is 0 Å². The highest BCUT2D eigenvalue weighted by molar-refractivity contribution is 5.87. The molecule has 2 heterocycles. The molecule has 2 rings (SSSR count). The summed E-state index contributed by atoms with van der Waals surface area (Å²) in [5.41, 5.74) is 0. The van der Waals surface area contributed by atoms with E-state index in [1.807, 2.05) is 0 Å². The van der Waals surface area contributed by atoms with E-state index in [2.05, 4.69) is 18.7 Å². The normalized spacial score (nSPS) is 36.4. The minimum Gasteiger partial charge on any atom is -0.298 e. The van der Waals surface area contributed by atoms with Crippen LogP contribution in [0.1, 0.15) is 39.5 Å². The zero-order chi connectivity index (χ0) is 8.72. The quantitative estimate of drug-likeness (QED) is 0.591. The van der Waals surface area contributed by atoms with Gasteiger partial charge in [-0.25, -0.2) is 0 Å². The molecule has 68 valence electrons. The van der Waals surface area contributed by atoms with Crippen LogP contribution in [0.2, 0.25) is 0 Å². The van der Waals surface area contributed by atoms with Gasteiger partial charge in [-0.3, -0.25) is 9.69 Å². The molecule has 0 aromatic rings. The van der Waals surface area contributed by atoms with Gasteiger partial charge in [-0.05, 0) is 33.1 Å². The smallest absolute Gasteiger partial charge is 0.151 e. The second-order valence-electron chi connectivity index (χ2n) is 4.31. The molecule has 0 saturated carbocycles. The lowest BCUT2D eigenvalue weighted by atomic mass is 10.0. The van der Waals surface area contributed by atoms with Gasteiger partial charge >= 0.3 is 0 Å². The number of rotatable bonds is 1. The van der Waals surface area contributed by atoms with Crippen molar-refractivity contribution in [1.82, 2.24) is 4.90 Å². The molecule has 2 heteroatoms. The number of nitrogens with zero attached hydrogens (tertiary/aromatic N) is 1. The van der Waals surface area contributed by atoms with E-state index in [9.17, 15) is 4.79 Å². The Kier molecular flexibility index (Phi) is 1.95. The van der Waals surface area contributed by atoms with Crippen molar-refractivity contribution in [3.05, 3.63) is 0 Å². The van der Waals surface area contributed by atoms with E-state index in [1.54, 1.807) is 0 Å². The van der Waals surface area contributed by atoms with Gasteiger partial charge in [-0.1, -0.05) is 0 Å². The lowest BCUT2D eigenvalue weighted by Gasteiger charge is -2.36. The number of ketones is 1. The Morgan fingerprint density at radius 2 is 2.17 bits per heavy atom. The molecule has 2 unspecified atom stereocenters. The third kappa shape index (κ3) is 1.09. The summed E-state index contributed by atoms with van der Waals surface area (Å²) >= 11 is 0. The molecular formula is C10H17NO. The lowest BCUT2D eigenvalue weighted by molar-refractivity contribution is -0.120. The minimum atomic E-state index is 0.281. The van der Waals surface area contributed by atoms with Crippen molar-refractivity contribution in [3.8, 4) is 0 Å². The number of Topliss-reactive ketones (excluding diaryl/α,β-unsaturated/α-hetero) is 1. The number of hydrogen-bond acceptors (Lipinski definition) is 2. The summed E-state index contributed by atoms with van der Waals surface area (Å²) in [5, 5.41) is 0. The van der Waals surface area contributed by atoms with Crippen LogP contribution in [-0.4, -0.2) is 28.8 Å². The van der Waals surface area contributed by atoms with Gasteiger partial charge in [0.1, 0.15) is 0 Å². The van der Waals surface area contributed by atoms with Crippen LogP contribution < -0.4 is 0 Å². The third-order valence-corrected chi connectivity index (χ3v) is 3.20. The molecule has 0 N–H and O–H groups in total. The zero-order valence-corrected chi connectivity index (χ0v) is 7.92. The average molecular weight is 167 g/mol. The van der Waals surface area contributed by atoms with E-state index in [0.717, 1.165) is 12.8 Å². The highest BCUT2D eigenvalue weighted by Crippen LogP contribution is 2.34. The maximum atomic E-state index is 11.5. The Labute approximate surface area is 73.9 Å². The van der Waals surface area contributed by atoms with Gasteiger partial charge in [0.25, 0.3) is 0 Å². The van der Waals surface area contributed by atoms with Crippen molar-refractivity contribution in [2.24, 2.45) is 0 Å². The van der Waals surface area contributed by atoms with Gasteiger partial charge in [-0.15, -0.1) is 0 Å². The molecule has 2 bridgehead atoms. The van der Waals surface area contributed by atoms with Crippen LogP contribution in [-0.2, 0) is 4.79 Å². The van der Waals surface area contributed by atoms with E-state index < -0.39 is 0 Å². The van der Waals surface area contributed by atoms with Gasteiger partial charge in [0.05, 0.1) is 6.04 Å². The summed E-state index contributed by atoms with van der Waals surface area (Å²) in [7, 11) is 0. The Bertz CT molecular complexity index is 200. The first-order valence-corrected chi connectivity index (χ1v) is 5.00. The molecule has 2 nitrogen and oxygen atoms in total. The first-order valence-electron chi connectivity index (χ1n) is 5.00. The van der Waals surface area contributed by atoms with Gasteiger partial charge in [0, 0.05) is 18.5 Å². The van der Waals surface area contributed by atoms with Gasteiger partial charge in [-0.2, -0.15) is 0 Å². The number of carbonyl (C=O) groups is 1. The fraction of sp³-hybridized carbons (Fsp3) is 0.900. The van der Waals surface area contributed by atoms with Crippen molar-refractivity contribution < 1.29 is 4.79 Å². The molecule has 12 heavy (non-hydrogen) atoms. The summed E-state index contributed by atoms with van der Waals surface area (Å²) < 4.78 is 0. The maximum Gasteiger partial charge on any atom is 0.151 e. The lowest BCUT2D eigenvalue weighted by Crippen LogP contribution is -2.45. The molecular weight excluding hydrogens is 150 g/mol. The van der Waals surface area contributed by atoms with Crippen LogP contribution in [0.5, 0.6) is 0 Å². The highest BCUT2D eigenvalue weighted by atomic mass is 16.1. The van der Waals surface area contributed by atoms with E-state index in [0.29, 0.717) is 17.9 Å². The molecule has 0 radical (unpaired) electrons. The van der Waals surface area contributed by atoms with Crippen LogP contribution >= 0.6 is 0 Å². The average Bonchev–Trinajstić information content (AvgIpc) is 2.20. The van der Waals surface area contributed by atoms with Crippen molar-refractivity contribution in [3.63, 3.8) is 0 Å². The molecule has 2 saturated heterocycles. The van der Waals surface area contributed by atoms with E-state index in [1.165, 1.54) is 12.8 Å². The Hall–Kier alpha value is -0.370. The Morgan fingerprint density at radius 1 is 1.42 bits per heavy atom. The van der Waals surface area contributed by atoms with E-state index >= 15 is 0 Å². The minimum absolute atomic E-state index is 0.281. The van der Waals surface area contributed by atoms with Crippen LogP contribution in [0.4, 0.5) is 0 Å². The van der Waals surface area contributed by atoms with Crippen LogP contribution in [0, 0.1) is 0 Å².